The monoisotopic (exact) mass is 321 g/mol. The van der Waals surface area contributed by atoms with Crippen LogP contribution >= 0.6 is 15.9 Å². The fourth-order valence-corrected chi connectivity index (χ4v) is 2.04. The Morgan fingerprint density at radius 1 is 1.53 bits per heavy atom. The first-order chi connectivity index (χ1) is 8.83. The van der Waals surface area contributed by atoms with Gasteiger partial charge in [0.25, 0.3) is 0 Å². The van der Waals surface area contributed by atoms with Gasteiger partial charge in [-0.3, -0.25) is 0 Å². The minimum atomic E-state index is -0.582. The van der Waals surface area contributed by atoms with Crippen molar-refractivity contribution in [2.75, 3.05) is 0 Å². The minimum Gasteiger partial charge on any atom is -0.443 e. The number of hydrogen-bond donors (Lipinski definition) is 0. The Morgan fingerprint density at radius 3 is 2.79 bits per heavy atom. The van der Waals surface area contributed by atoms with Gasteiger partial charge in [0.2, 0.25) is 0 Å². The SMILES string of the molecule is CC(C)(C)OC(=O)n1ccc2c(C#N)c(Br)cnc21. The highest BCUT2D eigenvalue weighted by molar-refractivity contribution is 9.10. The first kappa shape index (κ1) is 13.6. The Bertz CT molecular complexity index is 692. The fraction of sp³-hybridized carbons (Fsp3) is 0.308. The number of rotatable bonds is 0. The van der Waals surface area contributed by atoms with Crippen molar-refractivity contribution in [1.29, 1.82) is 5.26 Å². The molecule has 2 aromatic heterocycles. The number of fused-ring (bicyclic) bond motifs is 1. The number of ether oxygens (including phenoxy) is 1. The first-order valence-corrected chi connectivity index (χ1v) is 6.42. The molecule has 2 rings (SSSR count). The summed E-state index contributed by atoms with van der Waals surface area (Å²) in [5.41, 5.74) is 0.280. The standard InChI is InChI=1S/C13H12BrN3O2/c1-13(2,3)19-12(18)17-5-4-8-9(6-15)10(14)7-16-11(8)17/h4-5,7H,1-3H3. The Kier molecular flexibility index (Phi) is 3.33. The molecular weight excluding hydrogens is 310 g/mol. The molecular formula is C13H12BrN3O2. The van der Waals surface area contributed by atoms with Crippen LogP contribution in [0.4, 0.5) is 4.79 Å². The predicted octanol–water partition coefficient (Wildman–Crippen LogP) is 3.45. The topological polar surface area (TPSA) is 67.9 Å². The van der Waals surface area contributed by atoms with Crippen LogP contribution in [-0.2, 0) is 4.74 Å². The number of carbonyl (C=O) groups excluding carboxylic acids is 1. The smallest absolute Gasteiger partial charge is 0.420 e. The number of hydrogen-bond acceptors (Lipinski definition) is 4. The summed E-state index contributed by atoms with van der Waals surface area (Å²) in [6, 6.07) is 3.76. The van der Waals surface area contributed by atoms with Crippen LogP contribution < -0.4 is 0 Å². The Balaban J connectivity index is 2.54. The maximum Gasteiger partial charge on any atom is 0.420 e. The molecule has 0 saturated heterocycles. The van der Waals surface area contributed by atoms with Gasteiger partial charge in [0.1, 0.15) is 11.7 Å². The Hall–Kier alpha value is -1.87. The number of pyridine rings is 1. The molecule has 0 fully saturated rings. The van der Waals surface area contributed by atoms with E-state index >= 15 is 0 Å². The molecule has 2 aromatic rings. The van der Waals surface area contributed by atoms with Crippen molar-refractivity contribution in [1.82, 2.24) is 9.55 Å². The van der Waals surface area contributed by atoms with Gasteiger partial charge in [0.15, 0.2) is 5.65 Å². The average Bonchev–Trinajstić information content (AvgIpc) is 2.70. The zero-order chi connectivity index (χ0) is 14.2. The number of nitriles is 1. The molecule has 0 saturated carbocycles. The van der Waals surface area contributed by atoms with Crippen LogP contribution in [0, 0.1) is 11.3 Å². The molecule has 0 atom stereocenters. The molecule has 6 heteroatoms. The number of nitrogens with zero attached hydrogens (tertiary/aromatic N) is 3. The number of aromatic nitrogens is 2. The van der Waals surface area contributed by atoms with Gasteiger partial charge in [0.05, 0.1) is 10.0 Å². The van der Waals surface area contributed by atoms with Gasteiger partial charge in [-0.05, 0) is 42.8 Å². The molecule has 0 amide bonds. The number of halogens is 1. The summed E-state index contributed by atoms with van der Waals surface area (Å²) in [7, 11) is 0. The molecule has 0 radical (unpaired) electrons. The summed E-state index contributed by atoms with van der Waals surface area (Å²) in [6.07, 6.45) is 2.54. The van der Waals surface area contributed by atoms with E-state index in [-0.39, 0.29) is 0 Å². The molecule has 0 spiro atoms. The van der Waals surface area contributed by atoms with Crippen molar-refractivity contribution in [3.8, 4) is 6.07 Å². The second kappa shape index (κ2) is 4.67. The molecule has 0 aliphatic carbocycles. The summed E-state index contributed by atoms with van der Waals surface area (Å²) < 4.78 is 7.18. The lowest BCUT2D eigenvalue weighted by molar-refractivity contribution is 0.0543. The van der Waals surface area contributed by atoms with Crippen molar-refractivity contribution in [2.24, 2.45) is 0 Å². The van der Waals surface area contributed by atoms with E-state index < -0.39 is 11.7 Å². The third-order valence-electron chi connectivity index (χ3n) is 2.37. The van der Waals surface area contributed by atoms with Crippen LogP contribution in [-0.4, -0.2) is 21.2 Å². The van der Waals surface area contributed by atoms with Crippen molar-refractivity contribution in [3.63, 3.8) is 0 Å². The molecule has 0 aliphatic heterocycles. The Labute approximate surface area is 118 Å². The molecule has 0 N–H and O–H groups in total. The third-order valence-corrected chi connectivity index (χ3v) is 2.97. The Morgan fingerprint density at radius 2 is 2.21 bits per heavy atom. The molecule has 5 nitrogen and oxygen atoms in total. The van der Waals surface area contributed by atoms with Crippen LogP contribution in [0.15, 0.2) is 22.9 Å². The van der Waals surface area contributed by atoms with E-state index in [1.54, 1.807) is 33.0 Å². The summed E-state index contributed by atoms with van der Waals surface area (Å²) in [5.74, 6) is 0. The average molecular weight is 322 g/mol. The lowest BCUT2D eigenvalue weighted by atomic mass is 10.2. The summed E-state index contributed by atoms with van der Waals surface area (Å²) in [4.78, 5) is 16.2. The molecule has 0 unspecified atom stereocenters. The molecule has 0 aromatic carbocycles. The molecule has 98 valence electrons. The normalized spacial score (nSPS) is 11.3. The van der Waals surface area contributed by atoms with Crippen LogP contribution in [0.1, 0.15) is 26.3 Å². The van der Waals surface area contributed by atoms with Crippen molar-refractivity contribution in [3.05, 3.63) is 28.5 Å². The van der Waals surface area contributed by atoms with E-state index in [9.17, 15) is 4.79 Å². The van der Waals surface area contributed by atoms with E-state index in [4.69, 9.17) is 10.00 Å². The van der Waals surface area contributed by atoms with Crippen molar-refractivity contribution >= 4 is 33.1 Å². The van der Waals surface area contributed by atoms with Gasteiger partial charge >= 0.3 is 6.09 Å². The first-order valence-electron chi connectivity index (χ1n) is 5.62. The molecule has 2 heterocycles. The highest BCUT2D eigenvalue weighted by Crippen LogP contribution is 2.25. The van der Waals surface area contributed by atoms with Gasteiger partial charge < -0.3 is 4.74 Å². The number of carbonyl (C=O) groups is 1. The largest absolute Gasteiger partial charge is 0.443 e. The summed E-state index contributed by atoms with van der Waals surface area (Å²) in [6.45, 7) is 5.38. The van der Waals surface area contributed by atoms with Gasteiger partial charge in [0, 0.05) is 17.8 Å². The van der Waals surface area contributed by atoms with Crippen LogP contribution in [0.3, 0.4) is 0 Å². The second-order valence-corrected chi connectivity index (χ2v) is 5.85. The minimum absolute atomic E-state index is 0.411. The zero-order valence-electron chi connectivity index (χ0n) is 10.8. The van der Waals surface area contributed by atoms with Crippen LogP contribution in [0.2, 0.25) is 0 Å². The lowest BCUT2D eigenvalue weighted by Crippen LogP contribution is -2.26. The van der Waals surface area contributed by atoms with Crippen LogP contribution in [0.5, 0.6) is 0 Å². The van der Waals surface area contributed by atoms with E-state index in [1.807, 2.05) is 0 Å². The fourth-order valence-electron chi connectivity index (χ4n) is 1.63. The highest BCUT2D eigenvalue weighted by Gasteiger charge is 2.20. The molecule has 19 heavy (non-hydrogen) atoms. The van der Waals surface area contributed by atoms with Gasteiger partial charge in [-0.1, -0.05) is 0 Å². The van der Waals surface area contributed by atoms with Gasteiger partial charge in [-0.15, -0.1) is 0 Å². The predicted molar refractivity (Wildman–Crippen MR) is 73.8 cm³/mol. The highest BCUT2D eigenvalue weighted by atomic mass is 79.9. The van der Waals surface area contributed by atoms with E-state index in [0.29, 0.717) is 21.1 Å². The molecule has 0 aliphatic rings. The van der Waals surface area contributed by atoms with Gasteiger partial charge in [-0.2, -0.15) is 5.26 Å². The van der Waals surface area contributed by atoms with Crippen LogP contribution in [0.25, 0.3) is 11.0 Å². The zero-order valence-corrected chi connectivity index (χ0v) is 12.4. The maximum atomic E-state index is 12.0. The van der Waals surface area contributed by atoms with E-state index in [0.717, 1.165) is 0 Å². The van der Waals surface area contributed by atoms with Crippen molar-refractivity contribution in [2.45, 2.75) is 26.4 Å². The van der Waals surface area contributed by atoms with E-state index in [2.05, 4.69) is 27.0 Å². The second-order valence-electron chi connectivity index (χ2n) is 5.00. The molecule has 0 bridgehead atoms. The summed E-state index contributed by atoms with van der Waals surface area (Å²) in [5, 5.41) is 9.73. The lowest BCUT2D eigenvalue weighted by Gasteiger charge is -2.19. The van der Waals surface area contributed by atoms with Gasteiger partial charge in [-0.25, -0.2) is 14.3 Å². The van der Waals surface area contributed by atoms with Crippen molar-refractivity contribution < 1.29 is 9.53 Å². The summed E-state index contributed by atoms with van der Waals surface area (Å²) >= 11 is 3.26. The quantitative estimate of drug-likeness (QED) is 0.745. The maximum absolute atomic E-state index is 12.0. The van der Waals surface area contributed by atoms with E-state index in [1.165, 1.54) is 10.8 Å². The third kappa shape index (κ3) is 2.61.